The number of benzene rings is 1. The van der Waals surface area contributed by atoms with Crippen LogP contribution in [0.25, 0.3) is 0 Å². The molecule has 0 saturated carbocycles. The molecule has 0 spiro atoms. The number of phenols is 1. The molecule has 0 aliphatic rings. The van der Waals surface area contributed by atoms with E-state index in [4.69, 9.17) is 4.42 Å². The maximum absolute atomic E-state index is 12.0. The Morgan fingerprint density at radius 1 is 1.29 bits per heavy atom. The van der Waals surface area contributed by atoms with Gasteiger partial charge in [-0.25, -0.2) is 5.43 Å². The van der Waals surface area contributed by atoms with E-state index in [1.54, 1.807) is 45.0 Å². The molecule has 1 aromatic heterocycles. The lowest BCUT2D eigenvalue weighted by atomic mass is 10.1. The van der Waals surface area contributed by atoms with Crippen LogP contribution in [0, 0.1) is 13.8 Å². The molecule has 0 aliphatic carbocycles. The summed E-state index contributed by atoms with van der Waals surface area (Å²) in [7, 11) is 0. The molecule has 0 atom stereocenters. The third-order valence-electron chi connectivity index (χ3n) is 2.96. The van der Waals surface area contributed by atoms with Gasteiger partial charge in [0.15, 0.2) is 0 Å². The Bertz CT molecular complexity index is 720. The average molecular weight is 351 g/mol. The van der Waals surface area contributed by atoms with Gasteiger partial charge in [0.1, 0.15) is 17.3 Å². The van der Waals surface area contributed by atoms with Gasteiger partial charge >= 0.3 is 0 Å². The normalized spacial score (nSPS) is 11.5. The van der Waals surface area contributed by atoms with Crippen molar-refractivity contribution in [3.8, 4) is 5.75 Å². The van der Waals surface area contributed by atoms with Gasteiger partial charge < -0.3 is 9.52 Å². The quantitative estimate of drug-likeness (QED) is 0.656. The number of furan rings is 1. The molecule has 0 unspecified atom stereocenters. The van der Waals surface area contributed by atoms with E-state index >= 15 is 0 Å². The number of aryl methyl sites for hydroxylation is 2. The van der Waals surface area contributed by atoms with Crippen molar-refractivity contribution in [3.63, 3.8) is 0 Å². The van der Waals surface area contributed by atoms with Gasteiger partial charge in [-0.1, -0.05) is 15.9 Å². The van der Waals surface area contributed by atoms with Gasteiger partial charge in [0.25, 0.3) is 5.91 Å². The zero-order valence-corrected chi connectivity index (χ0v) is 13.5. The Balaban J connectivity index is 2.19. The summed E-state index contributed by atoms with van der Waals surface area (Å²) in [6.07, 6.45) is 0. The molecular weight excluding hydrogens is 336 g/mol. The molecule has 1 aromatic carbocycles. The van der Waals surface area contributed by atoms with Crippen LogP contribution >= 0.6 is 15.9 Å². The van der Waals surface area contributed by atoms with Crippen LogP contribution in [0.1, 0.15) is 34.4 Å². The second kappa shape index (κ2) is 6.13. The lowest BCUT2D eigenvalue weighted by Crippen LogP contribution is -2.19. The molecule has 1 heterocycles. The Morgan fingerprint density at radius 2 is 2.00 bits per heavy atom. The number of rotatable bonds is 3. The Labute approximate surface area is 130 Å². The zero-order valence-electron chi connectivity index (χ0n) is 11.9. The fraction of sp³-hybridized carbons (Fsp3) is 0.200. The standard InChI is InChI=1S/C15H15BrN2O3/c1-8-6-13(10(3)21-8)15(20)18-17-9(2)12-7-11(16)4-5-14(12)19/h4-7,19H,1-3H3,(H,18,20)/b17-9+. The minimum absolute atomic E-state index is 0.101. The molecule has 1 amide bonds. The van der Waals surface area contributed by atoms with Crippen molar-refractivity contribution < 1.29 is 14.3 Å². The van der Waals surface area contributed by atoms with Crippen LogP contribution < -0.4 is 5.43 Å². The molecule has 0 aliphatic heterocycles. The number of carbonyl (C=O) groups excluding carboxylic acids is 1. The van der Waals surface area contributed by atoms with E-state index in [-0.39, 0.29) is 11.7 Å². The van der Waals surface area contributed by atoms with Gasteiger partial charge in [-0.15, -0.1) is 0 Å². The number of halogens is 1. The highest BCUT2D eigenvalue weighted by atomic mass is 79.9. The SMILES string of the molecule is C/C(=N\NC(=O)c1cc(C)oc1C)c1cc(Br)ccc1O. The van der Waals surface area contributed by atoms with Crippen LogP contribution in [0.4, 0.5) is 0 Å². The molecule has 2 aromatic rings. The van der Waals surface area contributed by atoms with E-state index in [0.717, 1.165) is 4.47 Å². The van der Waals surface area contributed by atoms with Gasteiger partial charge in [0.05, 0.1) is 11.3 Å². The molecule has 0 saturated heterocycles. The van der Waals surface area contributed by atoms with Crippen LogP contribution in [-0.2, 0) is 0 Å². The molecule has 110 valence electrons. The largest absolute Gasteiger partial charge is 0.507 e. The number of hydrazone groups is 1. The van der Waals surface area contributed by atoms with Crippen LogP contribution in [0.15, 0.2) is 38.3 Å². The van der Waals surface area contributed by atoms with Crippen molar-refractivity contribution in [2.75, 3.05) is 0 Å². The third-order valence-corrected chi connectivity index (χ3v) is 3.45. The van der Waals surface area contributed by atoms with Gasteiger partial charge in [-0.3, -0.25) is 4.79 Å². The second-order valence-electron chi connectivity index (χ2n) is 4.63. The summed E-state index contributed by atoms with van der Waals surface area (Å²) in [5, 5.41) is 13.8. The predicted octanol–water partition coefficient (Wildman–Crippen LogP) is 3.52. The summed E-state index contributed by atoms with van der Waals surface area (Å²) in [5.74, 6) is 0.966. The summed E-state index contributed by atoms with van der Waals surface area (Å²) in [4.78, 5) is 12.0. The zero-order chi connectivity index (χ0) is 15.6. The first-order valence-electron chi connectivity index (χ1n) is 6.29. The molecule has 2 N–H and O–H groups in total. The number of aromatic hydroxyl groups is 1. The number of carbonyl (C=O) groups is 1. The van der Waals surface area contributed by atoms with Crippen LogP contribution in [0.2, 0.25) is 0 Å². The molecule has 6 heteroatoms. The summed E-state index contributed by atoms with van der Waals surface area (Å²) in [5.41, 5.74) is 3.95. The Kier molecular flexibility index (Phi) is 4.47. The molecule has 0 radical (unpaired) electrons. The first-order valence-corrected chi connectivity index (χ1v) is 7.08. The minimum Gasteiger partial charge on any atom is -0.507 e. The van der Waals surface area contributed by atoms with E-state index in [2.05, 4.69) is 26.5 Å². The van der Waals surface area contributed by atoms with Crippen molar-refractivity contribution >= 4 is 27.5 Å². The molecule has 21 heavy (non-hydrogen) atoms. The average Bonchev–Trinajstić information content (AvgIpc) is 2.77. The van der Waals surface area contributed by atoms with Crippen LogP contribution in [0.3, 0.4) is 0 Å². The first kappa shape index (κ1) is 15.3. The van der Waals surface area contributed by atoms with Crippen molar-refractivity contribution in [2.45, 2.75) is 20.8 Å². The smallest absolute Gasteiger partial charge is 0.274 e. The summed E-state index contributed by atoms with van der Waals surface area (Å²) in [6, 6.07) is 6.67. The molecule has 5 nitrogen and oxygen atoms in total. The lowest BCUT2D eigenvalue weighted by Gasteiger charge is -2.05. The van der Waals surface area contributed by atoms with E-state index in [1.807, 2.05) is 0 Å². The fourth-order valence-electron chi connectivity index (χ4n) is 1.91. The summed E-state index contributed by atoms with van der Waals surface area (Å²) < 4.78 is 6.12. The highest BCUT2D eigenvalue weighted by Gasteiger charge is 2.13. The number of hydrogen-bond acceptors (Lipinski definition) is 4. The van der Waals surface area contributed by atoms with Crippen LogP contribution in [-0.4, -0.2) is 16.7 Å². The molecular formula is C15H15BrN2O3. The minimum atomic E-state index is -0.349. The van der Waals surface area contributed by atoms with E-state index in [0.29, 0.717) is 28.4 Å². The van der Waals surface area contributed by atoms with E-state index < -0.39 is 0 Å². The maximum atomic E-state index is 12.0. The Morgan fingerprint density at radius 3 is 2.62 bits per heavy atom. The third kappa shape index (κ3) is 3.52. The monoisotopic (exact) mass is 350 g/mol. The topological polar surface area (TPSA) is 74.8 Å². The number of hydrogen-bond donors (Lipinski definition) is 2. The number of nitrogens with one attached hydrogen (secondary N) is 1. The number of amides is 1. The fourth-order valence-corrected chi connectivity index (χ4v) is 2.27. The molecule has 0 bridgehead atoms. The maximum Gasteiger partial charge on any atom is 0.274 e. The van der Waals surface area contributed by atoms with Crippen LogP contribution in [0.5, 0.6) is 5.75 Å². The lowest BCUT2D eigenvalue weighted by molar-refractivity contribution is 0.0953. The van der Waals surface area contributed by atoms with Crippen molar-refractivity contribution in [3.05, 3.63) is 51.4 Å². The second-order valence-corrected chi connectivity index (χ2v) is 5.54. The Hall–Kier alpha value is -2.08. The van der Waals surface area contributed by atoms with Gasteiger partial charge in [0, 0.05) is 10.0 Å². The summed E-state index contributed by atoms with van der Waals surface area (Å²) in [6.45, 7) is 5.20. The first-order chi connectivity index (χ1) is 9.88. The number of phenolic OH excluding ortho intramolecular Hbond substituents is 1. The summed E-state index contributed by atoms with van der Waals surface area (Å²) >= 11 is 3.33. The number of nitrogens with zero attached hydrogens (tertiary/aromatic N) is 1. The van der Waals surface area contributed by atoms with Crippen molar-refractivity contribution in [2.24, 2.45) is 5.10 Å². The molecule has 2 rings (SSSR count). The van der Waals surface area contributed by atoms with E-state index in [1.165, 1.54) is 0 Å². The highest BCUT2D eigenvalue weighted by molar-refractivity contribution is 9.10. The molecule has 0 fully saturated rings. The van der Waals surface area contributed by atoms with Gasteiger partial charge in [0.2, 0.25) is 0 Å². The highest BCUT2D eigenvalue weighted by Crippen LogP contribution is 2.22. The van der Waals surface area contributed by atoms with Crippen molar-refractivity contribution in [1.82, 2.24) is 5.43 Å². The predicted molar refractivity (Wildman–Crippen MR) is 83.7 cm³/mol. The van der Waals surface area contributed by atoms with Gasteiger partial charge in [-0.2, -0.15) is 5.10 Å². The van der Waals surface area contributed by atoms with Crippen molar-refractivity contribution in [1.29, 1.82) is 0 Å². The van der Waals surface area contributed by atoms with Gasteiger partial charge in [-0.05, 0) is 45.0 Å². The van der Waals surface area contributed by atoms with E-state index in [9.17, 15) is 9.90 Å².